The number of pyridine rings is 1. The van der Waals surface area contributed by atoms with Gasteiger partial charge in [-0.15, -0.1) is 0 Å². The minimum atomic E-state index is -0.447. The molecule has 4 heteroatoms. The summed E-state index contributed by atoms with van der Waals surface area (Å²) in [5, 5.41) is 0.388. The Balaban J connectivity index is 2.59. The van der Waals surface area contributed by atoms with Crippen LogP contribution in [0, 0.1) is 6.92 Å². The number of hydrogen-bond donors (Lipinski definition) is 0. The van der Waals surface area contributed by atoms with Crippen molar-refractivity contribution in [2.24, 2.45) is 0 Å². The van der Waals surface area contributed by atoms with Crippen molar-refractivity contribution in [2.45, 2.75) is 6.92 Å². The number of rotatable bonds is 2. The van der Waals surface area contributed by atoms with E-state index in [-0.39, 0.29) is 0 Å². The minimum Gasteiger partial charge on any atom is -0.465 e. The van der Waals surface area contributed by atoms with Crippen LogP contribution in [-0.4, -0.2) is 18.1 Å². The van der Waals surface area contributed by atoms with E-state index in [0.29, 0.717) is 10.6 Å². The molecule has 1 heterocycles. The summed E-state index contributed by atoms with van der Waals surface area (Å²) in [6.07, 6.45) is 1.71. The number of ether oxygens (including phenoxy) is 1. The van der Waals surface area contributed by atoms with Crippen molar-refractivity contribution in [1.82, 2.24) is 4.98 Å². The monoisotopic (exact) mass is 261 g/mol. The number of benzene rings is 1. The summed E-state index contributed by atoms with van der Waals surface area (Å²) in [5.41, 5.74) is 2.99. The second kappa shape index (κ2) is 5.19. The topological polar surface area (TPSA) is 39.2 Å². The van der Waals surface area contributed by atoms with Gasteiger partial charge in [-0.1, -0.05) is 17.7 Å². The zero-order valence-corrected chi connectivity index (χ0v) is 10.9. The molecule has 0 saturated heterocycles. The van der Waals surface area contributed by atoms with Gasteiger partial charge in [-0.3, -0.25) is 4.98 Å². The van der Waals surface area contributed by atoms with Crippen molar-refractivity contribution in [3.05, 3.63) is 52.7 Å². The lowest BCUT2D eigenvalue weighted by atomic mass is 10.0. The first-order valence-electron chi connectivity index (χ1n) is 5.43. The maximum atomic E-state index is 11.6. The molecule has 18 heavy (non-hydrogen) atoms. The van der Waals surface area contributed by atoms with E-state index in [4.69, 9.17) is 16.3 Å². The van der Waals surface area contributed by atoms with Crippen LogP contribution in [0.4, 0.5) is 0 Å². The van der Waals surface area contributed by atoms with E-state index >= 15 is 0 Å². The highest BCUT2D eigenvalue weighted by atomic mass is 35.5. The van der Waals surface area contributed by atoms with Crippen LogP contribution in [0.15, 0.2) is 36.5 Å². The van der Waals surface area contributed by atoms with Crippen molar-refractivity contribution < 1.29 is 9.53 Å². The van der Waals surface area contributed by atoms with Gasteiger partial charge in [-0.05, 0) is 36.8 Å². The van der Waals surface area contributed by atoms with Gasteiger partial charge in [0, 0.05) is 11.8 Å². The van der Waals surface area contributed by atoms with Crippen LogP contribution in [-0.2, 0) is 4.74 Å². The standard InChI is InChI=1S/C14H12ClNO2/c1-9-7-12(15)11(14(17)18-2)8-10(9)13-5-3-4-6-16-13/h3-8H,1-2H3. The normalized spacial score (nSPS) is 10.2. The molecule has 0 fully saturated rings. The molecule has 1 aromatic heterocycles. The number of hydrogen-bond acceptors (Lipinski definition) is 3. The maximum Gasteiger partial charge on any atom is 0.339 e. The molecule has 0 atom stereocenters. The summed E-state index contributed by atoms with van der Waals surface area (Å²) in [6, 6.07) is 9.09. The van der Waals surface area contributed by atoms with Crippen molar-refractivity contribution in [3.8, 4) is 11.3 Å². The van der Waals surface area contributed by atoms with Crippen LogP contribution in [0.5, 0.6) is 0 Å². The van der Waals surface area contributed by atoms with Crippen molar-refractivity contribution >= 4 is 17.6 Å². The first kappa shape index (κ1) is 12.6. The summed E-state index contributed by atoms with van der Waals surface area (Å²) in [7, 11) is 1.33. The maximum absolute atomic E-state index is 11.6. The third-order valence-corrected chi connectivity index (χ3v) is 2.97. The Morgan fingerprint density at radius 3 is 2.72 bits per heavy atom. The highest BCUT2D eigenvalue weighted by molar-refractivity contribution is 6.33. The number of nitrogens with zero attached hydrogens (tertiary/aromatic N) is 1. The van der Waals surface area contributed by atoms with E-state index in [1.165, 1.54) is 7.11 Å². The van der Waals surface area contributed by atoms with Crippen LogP contribution < -0.4 is 0 Å². The van der Waals surface area contributed by atoms with Gasteiger partial charge in [0.1, 0.15) is 0 Å². The van der Waals surface area contributed by atoms with Gasteiger partial charge in [-0.2, -0.15) is 0 Å². The SMILES string of the molecule is COC(=O)c1cc(-c2ccccn2)c(C)cc1Cl. The Bertz CT molecular complexity index is 582. The van der Waals surface area contributed by atoms with Crippen LogP contribution in [0.3, 0.4) is 0 Å². The molecule has 0 aliphatic rings. The summed E-state index contributed by atoms with van der Waals surface area (Å²) in [5.74, 6) is -0.447. The first-order valence-corrected chi connectivity index (χ1v) is 5.81. The Hall–Kier alpha value is -1.87. The Kier molecular flexibility index (Phi) is 3.63. The zero-order chi connectivity index (χ0) is 13.1. The van der Waals surface area contributed by atoms with Crippen molar-refractivity contribution in [3.63, 3.8) is 0 Å². The molecule has 2 rings (SSSR count). The fourth-order valence-corrected chi connectivity index (χ4v) is 2.03. The second-order valence-corrected chi connectivity index (χ2v) is 4.26. The Labute approximate surface area is 110 Å². The van der Waals surface area contributed by atoms with Gasteiger partial charge >= 0.3 is 5.97 Å². The van der Waals surface area contributed by atoms with E-state index in [0.717, 1.165) is 16.8 Å². The lowest BCUT2D eigenvalue weighted by Crippen LogP contribution is -2.03. The minimum absolute atomic E-state index is 0.352. The fourth-order valence-electron chi connectivity index (χ4n) is 1.74. The number of aromatic nitrogens is 1. The summed E-state index contributed by atoms with van der Waals surface area (Å²) in [6.45, 7) is 1.93. The van der Waals surface area contributed by atoms with Gasteiger partial charge in [0.2, 0.25) is 0 Å². The summed E-state index contributed by atoms with van der Waals surface area (Å²) in [4.78, 5) is 15.9. The summed E-state index contributed by atoms with van der Waals surface area (Å²) >= 11 is 6.04. The Morgan fingerprint density at radius 1 is 1.33 bits per heavy atom. The van der Waals surface area contributed by atoms with Gasteiger partial charge in [0.15, 0.2) is 0 Å². The molecule has 0 spiro atoms. The molecule has 0 unspecified atom stereocenters. The quantitative estimate of drug-likeness (QED) is 0.777. The molecule has 2 aromatic rings. The van der Waals surface area contributed by atoms with Crippen LogP contribution >= 0.6 is 11.6 Å². The van der Waals surface area contributed by atoms with Crippen LogP contribution in [0.25, 0.3) is 11.3 Å². The zero-order valence-electron chi connectivity index (χ0n) is 10.1. The number of esters is 1. The number of methoxy groups -OCH3 is 1. The predicted octanol–water partition coefficient (Wildman–Crippen LogP) is 3.50. The lowest BCUT2D eigenvalue weighted by Gasteiger charge is -2.09. The van der Waals surface area contributed by atoms with Crippen LogP contribution in [0.1, 0.15) is 15.9 Å². The number of carbonyl (C=O) groups excluding carboxylic acids is 1. The largest absolute Gasteiger partial charge is 0.465 e. The van der Waals surface area contributed by atoms with Crippen LogP contribution in [0.2, 0.25) is 5.02 Å². The van der Waals surface area contributed by atoms with Crippen molar-refractivity contribution in [1.29, 1.82) is 0 Å². The first-order chi connectivity index (χ1) is 8.63. The third kappa shape index (κ3) is 2.36. The smallest absolute Gasteiger partial charge is 0.339 e. The molecule has 92 valence electrons. The second-order valence-electron chi connectivity index (χ2n) is 3.85. The van der Waals surface area contributed by atoms with Gasteiger partial charge in [0.25, 0.3) is 0 Å². The molecule has 3 nitrogen and oxygen atoms in total. The van der Waals surface area contributed by atoms with E-state index in [2.05, 4.69) is 4.98 Å². The predicted molar refractivity (Wildman–Crippen MR) is 70.8 cm³/mol. The molecule has 0 aliphatic carbocycles. The van der Waals surface area contributed by atoms with Gasteiger partial charge in [0.05, 0.1) is 23.4 Å². The van der Waals surface area contributed by atoms with Crippen molar-refractivity contribution in [2.75, 3.05) is 7.11 Å². The van der Waals surface area contributed by atoms with Gasteiger partial charge < -0.3 is 4.74 Å². The molecule has 0 radical (unpaired) electrons. The van der Waals surface area contributed by atoms with Gasteiger partial charge in [-0.25, -0.2) is 4.79 Å². The number of aryl methyl sites for hydroxylation is 1. The molecular formula is C14H12ClNO2. The molecule has 0 bridgehead atoms. The average Bonchev–Trinajstić information content (AvgIpc) is 2.39. The van der Waals surface area contributed by atoms with E-state index in [1.807, 2.05) is 25.1 Å². The molecular weight excluding hydrogens is 250 g/mol. The number of carbonyl (C=O) groups is 1. The highest BCUT2D eigenvalue weighted by Gasteiger charge is 2.14. The lowest BCUT2D eigenvalue weighted by molar-refractivity contribution is 0.0601. The Morgan fingerprint density at radius 2 is 2.11 bits per heavy atom. The van der Waals surface area contributed by atoms with E-state index in [1.54, 1.807) is 18.3 Å². The average molecular weight is 262 g/mol. The fraction of sp³-hybridized carbons (Fsp3) is 0.143. The number of halogens is 1. The molecule has 0 saturated carbocycles. The van der Waals surface area contributed by atoms with E-state index < -0.39 is 5.97 Å². The highest BCUT2D eigenvalue weighted by Crippen LogP contribution is 2.28. The molecule has 0 amide bonds. The molecule has 1 aromatic carbocycles. The van der Waals surface area contributed by atoms with E-state index in [9.17, 15) is 4.79 Å². The molecule has 0 N–H and O–H groups in total. The third-order valence-electron chi connectivity index (χ3n) is 2.66. The molecule has 0 aliphatic heterocycles. The summed E-state index contributed by atoms with van der Waals surface area (Å²) < 4.78 is 4.70.